The van der Waals surface area contributed by atoms with Gasteiger partial charge in [0.05, 0.1) is 13.2 Å². The highest BCUT2D eigenvalue weighted by molar-refractivity contribution is 5.83. The van der Waals surface area contributed by atoms with Crippen molar-refractivity contribution in [1.82, 2.24) is 0 Å². The summed E-state index contributed by atoms with van der Waals surface area (Å²) in [6, 6.07) is 7.57. The first-order valence-electron chi connectivity index (χ1n) is 6.00. The van der Waals surface area contributed by atoms with Crippen molar-refractivity contribution in [2.24, 2.45) is 0 Å². The topological polar surface area (TPSA) is 47.6 Å². The average Bonchev–Trinajstić information content (AvgIpc) is 2.29. The van der Waals surface area contributed by atoms with Crippen LogP contribution in [0.3, 0.4) is 0 Å². The van der Waals surface area contributed by atoms with Gasteiger partial charge in [-0.05, 0) is 32.9 Å². The van der Waals surface area contributed by atoms with E-state index in [0.29, 0.717) is 13.2 Å². The van der Waals surface area contributed by atoms with Crippen LogP contribution in [0.15, 0.2) is 36.0 Å². The molecular formula is C14H19NO3. The normalized spacial score (nSPS) is 10.9. The van der Waals surface area contributed by atoms with Gasteiger partial charge >= 0.3 is 5.97 Å². The van der Waals surface area contributed by atoms with E-state index in [1.807, 2.05) is 38.1 Å². The third kappa shape index (κ3) is 4.91. The van der Waals surface area contributed by atoms with Crippen LogP contribution in [0.25, 0.3) is 0 Å². The summed E-state index contributed by atoms with van der Waals surface area (Å²) in [6.45, 7) is 6.53. The Hall–Kier alpha value is -1.97. The number of carbonyl (C=O) groups is 1. The van der Waals surface area contributed by atoms with Crippen molar-refractivity contribution in [3.05, 3.63) is 36.0 Å². The van der Waals surface area contributed by atoms with Crippen LogP contribution in [0.4, 0.5) is 5.69 Å². The number of hydrogen-bond donors (Lipinski definition) is 1. The predicted molar refractivity (Wildman–Crippen MR) is 71.6 cm³/mol. The van der Waals surface area contributed by atoms with E-state index in [4.69, 9.17) is 9.47 Å². The zero-order chi connectivity index (χ0) is 13.4. The van der Waals surface area contributed by atoms with E-state index in [2.05, 4.69) is 5.32 Å². The summed E-state index contributed by atoms with van der Waals surface area (Å²) in [5.74, 6) is 0.454. The molecule has 4 nitrogen and oxygen atoms in total. The van der Waals surface area contributed by atoms with E-state index in [9.17, 15) is 4.79 Å². The van der Waals surface area contributed by atoms with Gasteiger partial charge in [0.15, 0.2) is 0 Å². The Balaban J connectivity index is 2.66. The van der Waals surface area contributed by atoms with Crippen molar-refractivity contribution in [3.63, 3.8) is 0 Å². The Kier molecular flexibility index (Phi) is 5.77. The maximum absolute atomic E-state index is 11.2. The third-order valence-electron chi connectivity index (χ3n) is 2.11. The summed E-state index contributed by atoms with van der Waals surface area (Å²) in [7, 11) is 0. The molecule has 0 aliphatic heterocycles. The minimum absolute atomic E-state index is 0.344. The van der Waals surface area contributed by atoms with Crippen LogP contribution in [-0.2, 0) is 9.53 Å². The molecule has 0 unspecified atom stereocenters. The van der Waals surface area contributed by atoms with Crippen LogP contribution in [0.2, 0.25) is 0 Å². The molecule has 0 bridgehead atoms. The average molecular weight is 249 g/mol. The maximum Gasteiger partial charge on any atom is 0.332 e. The summed E-state index contributed by atoms with van der Waals surface area (Å²) in [4.78, 5) is 11.2. The number of nitrogens with one attached hydrogen (secondary N) is 1. The summed E-state index contributed by atoms with van der Waals surface area (Å²) >= 11 is 0. The molecule has 4 heteroatoms. The summed E-state index contributed by atoms with van der Waals surface area (Å²) in [6.07, 6.45) is 1.43. The first-order valence-corrected chi connectivity index (χ1v) is 6.00. The molecule has 0 spiro atoms. The smallest absolute Gasteiger partial charge is 0.332 e. The van der Waals surface area contributed by atoms with Gasteiger partial charge in [-0.15, -0.1) is 0 Å². The molecule has 0 heterocycles. The molecule has 0 radical (unpaired) electrons. The first-order chi connectivity index (χ1) is 8.65. The van der Waals surface area contributed by atoms with Crippen molar-refractivity contribution in [1.29, 1.82) is 0 Å². The molecule has 18 heavy (non-hydrogen) atoms. The highest BCUT2D eigenvalue weighted by atomic mass is 16.5. The van der Waals surface area contributed by atoms with Gasteiger partial charge in [-0.1, -0.05) is 6.07 Å². The predicted octanol–water partition coefficient (Wildman–Crippen LogP) is 2.96. The number of esters is 1. The molecular weight excluding hydrogens is 230 g/mol. The lowest BCUT2D eigenvalue weighted by molar-refractivity contribution is -0.137. The van der Waals surface area contributed by atoms with Gasteiger partial charge in [0.1, 0.15) is 5.75 Å². The fourth-order valence-corrected chi connectivity index (χ4v) is 1.45. The van der Waals surface area contributed by atoms with Crippen LogP contribution in [0, 0.1) is 0 Å². The molecule has 98 valence electrons. The molecule has 0 amide bonds. The molecule has 0 aliphatic rings. The number of rotatable bonds is 6. The molecule has 1 aromatic rings. The fourth-order valence-electron chi connectivity index (χ4n) is 1.45. The lowest BCUT2D eigenvalue weighted by atomic mass is 10.3. The molecule has 0 fully saturated rings. The molecule has 1 N–H and O–H groups in total. The zero-order valence-electron chi connectivity index (χ0n) is 11.0. The zero-order valence-corrected chi connectivity index (χ0v) is 11.0. The maximum atomic E-state index is 11.2. The van der Waals surface area contributed by atoms with Crippen molar-refractivity contribution < 1.29 is 14.3 Å². The molecule has 1 rings (SSSR count). The van der Waals surface area contributed by atoms with E-state index in [1.165, 1.54) is 6.08 Å². The number of anilines is 1. The van der Waals surface area contributed by atoms with Crippen LogP contribution < -0.4 is 10.1 Å². The summed E-state index contributed by atoms with van der Waals surface area (Å²) in [5.41, 5.74) is 1.60. The van der Waals surface area contributed by atoms with Gasteiger partial charge in [-0.3, -0.25) is 0 Å². The van der Waals surface area contributed by atoms with Crippen LogP contribution in [0.5, 0.6) is 5.75 Å². The van der Waals surface area contributed by atoms with Crippen LogP contribution in [0.1, 0.15) is 20.8 Å². The second-order valence-corrected chi connectivity index (χ2v) is 3.67. The molecule has 0 aromatic heterocycles. The summed E-state index contributed by atoms with van der Waals surface area (Å²) in [5, 5.41) is 3.11. The number of ether oxygens (including phenoxy) is 2. The molecule has 0 atom stereocenters. The Morgan fingerprint density at radius 1 is 1.33 bits per heavy atom. The van der Waals surface area contributed by atoms with E-state index < -0.39 is 0 Å². The lowest BCUT2D eigenvalue weighted by Gasteiger charge is -2.09. The SMILES string of the molecule is CCOC(=O)C=C(C)Nc1cccc(OCC)c1. The van der Waals surface area contributed by atoms with E-state index >= 15 is 0 Å². The molecule has 1 aromatic carbocycles. The number of carbonyl (C=O) groups excluding carboxylic acids is 1. The van der Waals surface area contributed by atoms with E-state index in [1.54, 1.807) is 6.92 Å². The lowest BCUT2D eigenvalue weighted by Crippen LogP contribution is -2.04. The summed E-state index contributed by atoms with van der Waals surface area (Å²) < 4.78 is 10.2. The Morgan fingerprint density at radius 2 is 2.11 bits per heavy atom. The third-order valence-corrected chi connectivity index (χ3v) is 2.11. The Bertz CT molecular complexity index is 427. The largest absolute Gasteiger partial charge is 0.494 e. The van der Waals surface area contributed by atoms with E-state index in [0.717, 1.165) is 17.1 Å². The minimum Gasteiger partial charge on any atom is -0.494 e. The van der Waals surface area contributed by atoms with Crippen molar-refractivity contribution in [2.75, 3.05) is 18.5 Å². The minimum atomic E-state index is -0.344. The monoisotopic (exact) mass is 249 g/mol. The highest BCUT2D eigenvalue weighted by Gasteiger charge is 2.00. The second kappa shape index (κ2) is 7.37. The van der Waals surface area contributed by atoms with E-state index in [-0.39, 0.29) is 5.97 Å². The second-order valence-electron chi connectivity index (χ2n) is 3.67. The van der Waals surface area contributed by atoms with Gasteiger partial charge in [0.2, 0.25) is 0 Å². The van der Waals surface area contributed by atoms with Crippen LogP contribution >= 0.6 is 0 Å². The van der Waals surface area contributed by atoms with Crippen molar-refractivity contribution >= 4 is 11.7 Å². The Morgan fingerprint density at radius 3 is 2.78 bits per heavy atom. The molecule has 0 aliphatic carbocycles. The van der Waals surface area contributed by atoms with Gasteiger partial charge in [0.25, 0.3) is 0 Å². The number of allylic oxidation sites excluding steroid dienone is 1. The molecule has 0 saturated carbocycles. The van der Waals surface area contributed by atoms with Gasteiger partial charge in [0, 0.05) is 23.5 Å². The number of benzene rings is 1. The van der Waals surface area contributed by atoms with Gasteiger partial charge in [-0.25, -0.2) is 4.79 Å². The standard InChI is InChI=1S/C14H19NO3/c1-4-17-13-8-6-7-12(10-13)15-11(3)9-14(16)18-5-2/h6-10,15H,4-5H2,1-3H3. The van der Waals surface area contributed by atoms with Crippen molar-refractivity contribution in [2.45, 2.75) is 20.8 Å². The van der Waals surface area contributed by atoms with Crippen molar-refractivity contribution in [3.8, 4) is 5.75 Å². The highest BCUT2D eigenvalue weighted by Crippen LogP contribution is 2.18. The van der Waals surface area contributed by atoms with Gasteiger partial charge in [-0.2, -0.15) is 0 Å². The Labute approximate surface area is 108 Å². The van der Waals surface area contributed by atoms with Gasteiger partial charge < -0.3 is 14.8 Å². The number of hydrogen-bond acceptors (Lipinski definition) is 4. The first kappa shape index (κ1) is 14.1. The quantitative estimate of drug-likeness (QED) is 0.622. The molecule has 0 saturated heterocycles. The fraction of sp³-hybridized carbons (Fsp3) is 0.357. The van der Waals surface area contributed by atoms with Crippen LogP contribution in [-0.4, -0.2) is 19.2 Å².